The summed E-state index contributed by atoms with van der Waals surface area (Å²) in [5, 5.41) is 18.3. The molecule has 0 unspecified atom stereocenters. The maximum Gasteiger partial charge on any atom is 0.417 e. The van der Waals surface area contributed by atoms with Crippen molar-refractivity contribution < 1.29 is 32.6 Å². The summed E-state index contributed by atoms with van der Waals surface area (Å²) in [7, 11) is 0. The first-order valence-corrected chi connectivity index (χ1v) is 13.7. The lowest BCUT2D eigenvalue weighted by atomic mass is 9.94. The molecule has 0 aromatic heterocycles. The Kier molecular flexibility index (Phi) is 8.49. The van der Waals surface area contributed by atoms with Crippen LogP contribution in [0.5, 0.6) is 5.75 Å². The predicted molar refractivity (Wildman–Crippen MR) is 151 cm³/mol. The van der Waals surface area contributed by atoms with Crippen molar-refractivity contribution in [3.05, 3.63) is 53.1 Å². The molecule has 0 saturated carbocycles. The van der Waals surface area contributed by atoms with Crippen molar-refractivity contribution in [1.82, 2.24) is 4.90 Å². The van der Waals surface area contributed by atoms with Gasteiger partial charge in [-0.15, -0.1) is 0 Å². The van der Waals surface area contributed by atoms with Crippen molar-refractivity contribution in [3.63, 3.8) is 0 Å². The third-order valence-electron chi connectivity index (χ3n) is 7.71. The van der Waals surface area contributed by atoms with Crippen molar-refractivity contribution in [1.29, 1.82) is 5.26 Å². The van der Waals surface area contributed by atoms with Crippen molar-refractivity contribution in [2.75, 3.05) is 29.5 Å². The van der Waals surface area contributed by atoms with Crippen molar-refractivity contribution >= 4 is 40.7 Å². The summed E-state index contributed by atoms with van der Waals surface area (Å²) < 4.78 is 46.9. The number of benzene rings is 2. The van der Waals surface area contributed by atoms with E-state index < -0.39 is 34.8 Å². The zero-order valence-corrected chi connectivity index (χ0v) is 23.8. The smallest absolute Gasteiger partial charge is 0.417 e. The fraction of sp³-hybridized carbons (Fsp3) is 0.448. The van der Waals surface area contributed by atoms with E-state index in [0.29, 0.717) is 43.5 Å². The molecule has 2 aliphatic heterocycles. The lowest BCUT2D eigenvalue weighted by Crippen LogP contribution is -2.44. The molecule has 0 atom stereocenters. The summed E-state index contributed by atoms with van der Waals surface area (Å²) in [6.45, 7) is 6.80. The number of rotatable bonds is 7. The molecular weight excluding hydrogens is 557 g/mol. The van der Waals surface area contributed by atoms with Gasteiger partial charge in [0, 0.05) is 18.8 Å². The Morgan fingerprint density at radius 1 is 1.17 bits per heavy atom. The van der Waals surface area contributed by atoms with Crippen LogP contribution >= 0.6 is 12.2 Å². The number of amides is 2. The van der Waals surface area contributed by atoms with Gasteiger partial charge in [0.05, 0.1) is 29.5 Å². The van der Waals surface area contributed by atoms with Gasteiger partial charge in [0.1, 0.15) is 11.3 Å². The molecule has 0 radical (unpaired) electrons. The Hall–Kier alpha value is -3.85. The van der Waals surface area contributed by atoms with Gasteiger partial charge in [0.2, 0.25) is 0 Å². The third kappa shape index (κ3) is 5.95. The molecule has 1 N–H and O–H groups in total. The molecule has 218 valence electrons. The molecule has 0 aliphatic carbocycles. The van der Waals surface area contributed by atoms with Gasteiger partial charge in [0.15, 0.2) is 5.11 Å². The van der Waals surface area contributed by atoms with Crippen LogP contribution in [0, 0.1) is 17.2 Å². The number of carbonyl (C=O) groups excluding carboxylic acids is 1. The Bertz CT molecular complexity index is 1400. The van der Waals surface area contributed by atoms with Gasteiger partial charge in [-0.3, -0.25) is 9.69 Å². The number of thiocarbonyl (C=S) groups is 1. The molecule has 2 saturated heterocycles. The van der Waals surface area contributed by atoms with Crippen LogP contribution in [0.25, 0.3) is 0 Å². The Balaban J connectivity index is 1.53. The number of nitriles is 1. The second kappa shape index (κ2) is 11.6. The highest BCUT2D eigenvalue weighted by molar-refractivity contribution is 7.81. The number of anilines is 2. The summed E-state index contributed by atoms with van der Waals surface area (Å²) >= 11 is 5.64. The minimum atomic E-state index is -4.78. The van der Waals surface area contributed by atoms with E-state index >= 15 is 0 Å². The molecule has 0 bridgehead atoms. The lowest BCUT2D eigenvalue weighted by molar-refractivity contribution is -0.137. The van der Waals surface area contributed by atoms with E-state index in [2.05, 4.69) is 0 Å². The number of piperidine rings is 1. The van der Waals surface area contributed by atoms with Crippen LogP contribution in [0.4, 0.5) is 29.3 Å². The topological polar surface area (TPSA) is 97.1 Å². The molecule has 2 aliphatic rings. The zero-order chi connectivity index (χ0) is 30.1. The van der Waals surface area contributed by atoms with Crippen molar-refractivity contribution in [2.45, 2.75) is 58.2 Å². The van der Waals surface area contributed by atoms with Crippen LogP contribution in [0.1, 0.15) is 56.7 Å². The number of carboxylic acid groups (broad SMARTS) is 1. The average Bonchev–Trinajstić information content (AvgIpc) is 3.11. The highest BCUT2D eigenvalue weighted by Crippen LogP contribution is 2.40. The van der Waals surface area contributed by atoms with Gasteiger partial charge in [-0.25, -0.2) is 4.79 Å². The number of hydrogen-bond donors (Lipinski definition) is 1. The average molecular weight is 589 g/mol. The highest BCUT2D eigenvalue weighted by Gasteiger charge is 2.50. The molecule has 12 heteroatoms. The number of nitrogens with zero attached hydrogens (tertiary/aromatic N) is 4. The molecule has 2 heterocycles. The van der Waals surface area contributed by atoms with Crippen molar-refractivity contribution in [3.8, 4) is 11.8 Å². The van der Waals surface area contributed by atoms with Gasteiger partial charge in [-0.05, 0) is 99.6 Å². The minimum absolute atomic E-state index is 0.0289. The number of hydrogen-bond acceptors (Lipinski definition) is 5. The summed E-state index contributed by atoms with van der Waals surface area (Å²) in [4.78, 5) is 28.7. The Labute approximate surface area is 241 Å². The summed E-state index contributed by atoms with van der Waals surface area (Å²) in [6, 6.07) is 10.1. The molecule has 2 aromatic rings. The van der Waals surface area contributed by atoms with Gasteiger partial charge < -0.3 is 19.6 Å². The number of halogens is 3. The van der Waals surface area contributed by atoms with E-state index in [0.717, 1.165) is 41.9 Å². The number of alkyl halides is 3. The maximum atomic E-state index is 13.6. The van der Waals surface area contributed by atoms with Crippen LogP contribution in [0.3, 0.4) is 0 Å². The molecule has 41 heavy (non-hydrogen) atoms. The standard InChI is InChI=1S/C29H31F3N4O4S/c1-4-19-15-22(7-8-24(19)40-14-11-18-9-12-34(13-10-18)27(38)39)36-26(41)35(25(37)28(36,2)3)21-6-5-20(17-33)23(16-21)29(30,31)32/h5-8,15-16,18H,4,9-14H2,1-3H3,(H,38,39). The normalized spacial score (nSPS) is 17.6. The molecule has 8 nitrogen and oxygen atoms in total. The first kappa shape index (κ1) is 30.1. The molecule has 2 fully saturated rings. The Morgan fingerprint density at radius 2 is 1.83 bits per heavy atom. The molecule has 4 rings (SSSR count). The second-order valence-corrected chi connectivity index (χ2v) is 11.0. The van der Waals surface area contributed by atoms with Gasteiger partial charge in [-0.2, -0.15) is 18.4 Å². The fourth-order valence-electron chi connectivity index (χ4n) is 5.33. The van der Waals surface area contributed by atoms with E-state index in [4.69, 9.17) is 27.3 Å². The molecule has 2 aromatic carbocycles. The molecule has 2 amide bonds. The summed E-state index contributed by atoms with van der Waals surface area (Å²) in [5.41, 5.74) is -1.44. The van der Waals surface area contributed by atoms with E-state index in [9.17, 15) is 22.8 Å². The van der Waals surface area contributed by atoms with Gasteiger partial charge in [-0.1, -0.05) is 6.92 Å². The van der Waals surface area contributed by atoms with Crippen LogP contribution in [0.15, 0.2) is 36.4 Å². The van der Waals surface area contributed by atoms with E-state index in [1.807, 2.05) is 13.0 Å². The number of likely N-dealkylation sites (tertiary alicyclic amines) is 1. The maximum absolute atomic E-state index is 13.6. The van der Waals surface area contributed by atoms with Crippen LogP contribution in [-0.2, 0) is 17.4 Å². The van der Waals surface area contributed by atoms with Gasteiger partial charge >= 0.3 is 12.3 Å². The van der Waals surface area contributed by atoms with Crippen LogP contribution in [-0.4, -0.2) is 52.4 Å². The number of carbonyl (C=O) groups is 2. The first-order chi connectivity index (χ1) is 19.3. The summed E-state index contributed by atoms with van der Waals surface area (Å²) in [5.74, 6) is 0.578. The largest absolute Gasteiger partial charge is 0.493 e. The lowest BCUT2D eigenvalue weighted by Gasteiger charge is -2.30. The number of ether oxygens (including phenoxy) is 1. The highest BCUT2D eigenvalue weighted by atomic mass is 32.1. The Morgan fingerprint density at radius 3 is 2.41 bits per heavy atom. The van der Waals surface area contributed by atoms with E-state index in [-0.39, 0.29) is 10.8 Å². The monoisotopic (exact) mass is 588 g/mol. The number of aryl methyl sites for hydroxylation is 1. The quantitative estimate of drug-likeness (QED) is 0.384. The van der Waals surface area contributed by atoms with Crippen molar-refractivity contribution in [2.24, 2.45) is 5.92 Å². The first-order valence-electron chi connectivity index (χ1n) is 13.3. The SMILES string of the molecule is CCc1cc(N2C(=S)N(c3ccc(C#N)c(C(F)(F)F)c3)C(=O)C2(C)C)ccc1OCCC1CCN(C(=O)O)CC1. The molecular formula is C29H31F3N4O4S. The second-order valence-electron chi connectivity index (χ2n) is 10.7. The van der Waals surface area contributed by atoms with Crippen LogP contribution < -0.4 is 14.5 Å². The summed E-state index contributed by atoms with van der Waals surface area (Å²) in [6.07, 6.45) is -2.64. The van der Waals surface area contributed by atoms with Gasteiger partial charge in [0.25, 0.3) is 5.91 Å². The van der Waals surface area contributed by atoms with E-state index in [1.54, 1.807) is 36.9 Å². The fourth-order valence-corrected chi connectivity index (χ4v) is 5.85. The van der Waals surface area contributed by atoms with Crippen LogP contribution in [0.2, 0.25) is 0 Å². The van der Waals surface area contributed by atoms with E-state index in [1.165, 1.54) is 11.0 Å². The molecule has 0 spiro atoms. The zero-order valence-electron chi connectivity index (χ0n) is 23.0. The predicted octanol–water partition coefficient (Wildman–Crippen LogP) is 6.22. The third-order valence-corrected chi connectivity index (χ3v) is 8.07. The minimum Gasteiger partial charge on any atom is -0.493 e.